The Morgan fingerprint density at radius 2 is 1.10 bits per heavy atom. The number of aliphatic hydroxyl groups is 4. The van der Waals surface area contributed by atoms with Crippen molar-refractivity contribution in [2.24, 2.45) is 0 Å². The molecule has 0 spiro atoms. The van der Waals surface area contributed by atoms with E-state index in [9.17, 15) is 0 Å². The largest absolute Gasteiger partial charge is 0.387 e. The topological polar surface area (TPSA) is 80.9 Å². The third-order valence-corrected chi connectivity index (χ3v) is 2.21. The second-order valence-corrected chi connectivity index (χ2v) is 3.26. The van der Waals surface area contributed by atoms with E-state index in [4.69, 9.17) is 20.4 Å². The van der Waals surface area contributed by atoms with Crippen LogP contribution in [0.15, 0.2) is 0 Å². The molecular weight excluding hydrogens is 136 g/mol. The summed E-state index contributed by atoms with van der Waals surface area (Å²) in [6.07, 6.45) is -2.54. The third kappa shape index (κ3) is 0.645. The predicted octanol–water partition coefficient (Wildman–Crippen LogP) is -1.78. The Labute approximate surface area is 58.7 Å². The SMILES string of the molecule is CC1(O)C(O)C(C)(O)C1O. The number of hydrogen-bond donors (Lipinski definition) is 4. The summed E-state index contributed by atoms with van der Waals surface area (Å²) in [4.78, 5) is 0. The van der Waals surface area contributed by atoms with E-state index in [1.165, 1.54) is 13.8 Å². The van der Waals surface area contributed by atoms with E-state index < -0.39 is 23.4 Å². The van der Waals surface area contributed by atoms with Gasteiger partial charge in [0, 0.05) is 0 Å². The highest BCUT2D eigenvalue weighted by molar-refractivity contribution is 5.16. The van der Waals surface area contributed by atoms with Crippen LogP contribution in [0.25, 0.3) is 0 Å². The number of hydrogen-bond acceptors (Lipinski definition) is 4. The van der Waals surface area contributed by atoms with Crippen molar-refractivity contribution in [2.45, 2.75) is 37.3 Å². The van der Waals surface area contributed by atoms with Gasteiger partial charge in [0.25, 0.3) is 0 Å². The maximum absolute atomic E-state index is 9.13. The Bertz CT molecular complexity index is 122. The van der Waals surface area contributed by atoms with Crippen LogP contribution in [0.1, 0.15) is 13.8 Å². The van der Waals surface area contributed by atoms with E-state index in [0.29, 0.717) is 0 Å². The zero-order chi connectivity index (χ0) is 8.15. The van der Waals surface area contributed by atoms with Crippen molar-refractivity contribution in [3.8, 4) is 0 Å². The first-order chi connectivity index (χ1) is 4.31. The minimum Gasteiger partial charge on any atom is -0.387 e. The fourth-order valence-corrected chi connectivity index (χ4v) is 1.39. The van der Waals surface area contributed by atoms with Gasteiger partial charge in [-0.25, -0.2) is 0 Å². The molecule has 4 heteroatoms. The molecule has 60 valence electrons. The van der Waals surface area contributed by atoms with Crippen molar-refractivity contribution in [3.63, 3.8) is 0 Å². The van der Waals surface area contributed by atoms with Crippen molar-refractivity contribution in [1.29, 1.82) is 0 Å². The van der Waals surface area contributed by atoms with E-state index >= 15 is 0 Å². The number of rotatable bonds is 0. The fourth-order valence-electron chi connectivity index (χ4n) is 1.39. The summed E-state index contributed by atoms with van der Waals surface area (Å²) in [7, 11) is 0. The Kier molecular flexibility index (Phi) is 1.36. The molecule has 0 amide bonds. The number of aliphatic hydroxyl groups excluding tert-OH is 2. The van der Waals surface area contributed by atoms with Gasteiger partial charge in [0.15, 0.2) is 0 Å². The lowest BCUT2D eigenvalue weighted by Gasteiger charge is -2.55. The van der Waals surface area contributed by atoms with Crippen molar-refractivity contribution in [3.05, 3.63) is 0 Å². The molecule has 0 unspecified atom stereocenters. The van der Waals surface area contributed by atoms with E-state index in [1.807, 2.05) is 0 Å². The van der Waals surface area contributed by atoms with Crippen LogP contribution in [0.2, 0.25) is 0 Å². The van der Waals surface area contributed by atoms with Crippen LogP contribution in [0.4, 0.5) is 0 Å². The molecule has 4 N–H and O–H groups in total. The molecule has 0 aromatic carbocycles. The summed E-state index contributed by atoms with van der Waals surface area (Å²) in [5.41, 5.74) is -3.13. The van der Waals surface area contributed by atoms with Crippen molar-refractivity contribution < 1.29 is 20.4 Å². The Morgan fingerprint density at radius 3 is 1.20 bits per heavy atom. The summed E-state index contributed by atoms with van der Waals surface area (Å²) in [5, 5.41) is 36.3. The van der Waals surface area contributed by atoms with Crippen LogP contribution >= 0.6 is 0 Å². The smallest absolute Gasteiger partial charge is 0.119 e. The third-order valence-electron chi connectivity index (χ3n) is 2.21. The minimum atomic E-state index is -1.57. The molecule has 0 aromatic heterocycles. The van der Waals surface area contributed by atoms with E-state index in [1.54, 1.807) is 0 Å². The van der Waals surface area contributed by atoms with Gasteiger partial charge in [-0.05, 0) is 13.8 Å². The molecular formula is C6H12O4. The quantitative estimate of drug-likeness (QED) is 0.327. The highest BCUT2D eigenvalue weighted by Gasteiger charge is 2.65. The van der Waals surface area contributed by atoms with Gasteiger partial charge in [-0.1, -0.05) is 0 Å². The summed E-state index contributed by atoms with van der Waals surface area (Å²) in [6, 6.07) is 0. The molecule has 1 rings (SSSR count). The first-order valence-electron chi connectivity index (χ1n) is 3.12. The molecule has 0 aromatic rings. The van der Waals surface area contributed by atoms with Crippen LogP contribution in [-0.4, -0.2) is 43.8 Å². The Hall–Kier alpha value is -0.160. The monoisotopic (exact) mass is 148 g/mol. The molecule has 0 atom stereocenters. The summed E-state index contributed by atoms with van der Waals surface area (Å²) < 4.78 is 0. The van der Waals surface area contributed by atoms with Crippen molar-refractivity contribution >= 4 is 0 Å². The molecule has 0 bridgehead atoms. The van der Waals surface area contributed by atoms with E-state index in [-0.39, 0.29) is 0 Å². The summed E-state index contributed by atoms with van der Waals surface area (Å²) in [6.45, 7) is 2.56. The molecule has 0 radical (unpaired) electrons. The minimum absolute atomic E-state index is 1.27. The lowest BCUT2D eigenvalue weighted by atomic mass is 9.63. The van der Waals surface area contributed by atoms with Gasteiger partial charge in [0.1, 0.15) is 23.4 Å². The summed E-state index contributed by atoms with van der Waals surface area (Å²) >= 11 is 0. The van der Waals surface area contributed by atoms with Crippen LogP contribution in [0.3, 0.4) is 0 Å². The average Bonchev–Trinajstić information content (AvgIpc) is 1.84. The molecule has 0 heterocycles. The summed E-state index contributed by atoms with van der Waals surface area (Å²) in [5.74, 6) is 0. The van der Waals surface area contributed by atoms with Gasteiger partial charge in [-0.2, -0.15) is 0 Å². The zero-order valence-electron chi connectivity index (χ0n) is 5.94. The molecule has 1 saturated carbocycles. The molecule has 10 heavy (non-hydrogen) atoms. The van der Waals surface area contributed by atoms with Gasteiger partial charge in [-0.15, -0.1) is 0 Å². The maximum Gasteiger partial charge on any atom is 0.119 e. The molecule has 0 aliphatic heterocycles. The lowest BCUT2D eigenvalue weighted by molar-refractivity contribution is -0.323. The molecule has 4 nitrogen and oxygen atoms in total. The second-order valence-electron chi connectivity index (χ2n) is 3.26. The van der Waals surface area contributed by atoms with Crippen LogP contribution in [0.5, 0.6) is 0 Å². The van der Waals surface area contributed by atoms with Crippen LogP contribution in [-0.2, 0) is 0 Å². The van der Waals surface area contributed by atoms with Crippen molar-refractivity contribution in [1.82, 2.24) is 0 Å². The zero-order valence-corrected chi connectivity index (χ0v) is 5.94. The first-order valence-corrected chi connectivity index (χ1v) is 3.12. The molecule has 1 fully saturated rings. The first kappa shape index (κ1) is 7.94. The second kappa shape index (κ2) is 1.71. The van der Waals surface area contributed by atoms with E-state index in [0.717, 1.165) is 0 Å². The van der Waals surface area contributed by atoms with Gasteiger partial charge >= 0.3 is 0 Å². The Balaban J connectivity index is 2.78. The normalized spacial score (nSPS) is 61.8. The van der Waals surface area contributed by atoms with Crippen LogP contribution in [0, 0.1) is 0 Å². The standard InChI is InChI=1S/C6H12O4/c1-5(9)3(7)6(2,10)4(5)8/h3-4,7-10H,1-2H3. The van der Waals surface area contributed by atoms with Gasteiger partial charge in [0.2, 0.25) is 0 Å². The predicted molar refractivity (Wildman–Crippen MR) is 33.3 cm³/mol. The fraction of sp³-hybridized carbons (Fsp3) is 1.00. The molecule has 0 saturated heterocycles. The Morgan fingerprint density at radius 1 is 0.900 bits per heavy atom. The van der Waals surface area contributed by atoms with Crippen LogP contribution < -0.4 is 0 Å². The highest BCUT2D eigenvalue weighted by Crippen LogP contribution is 2.41. The molecule has 1 aliphatic rings. The molecule has 1 aliphatic carbocycles. The van der Waals surface area contributed by atoms with E-state index in [2.05, 4.69) is 0 Å². The maximum atomic E-state index is 9.13. The van der Waals surface area contributed by atoms with Gasteiger partial charge in [0.05, 0.1) is 0 Å². The lowest BCUT2D eigenvalue weighted by Crippen LogP contribution is -2.78. The average molecular weight is 148 g/mol. The van der Waals surface area contributed by atoms with Crippen molar-refractivity contribution in [2.75, 3.05) is 0 Å². The van der Waals surface area contributed by atoms with Gasteiger partial charge in [-0.3, -0.25) is 0 Å². The highest BCUT2D eigenvalue weighted by atomic mass is 16.4. The van der Waals surface area contributed by atoms with Gasteiger partial charge < -0.3 is 20.4 Å².